The fraction of sp³-hybridized carbons (Fsp3) is 0.407. The molecular formula is C27H32N2O2. The zero-order valence-electron chi connectivity index (χ0n) is 18.3. The van der Waals surface area contributed by atoms with Crippen LogP contribution in [-0.4, -0.2) is 16.6 Å². The molecule has 0 unspecified atom stereocenters. The van der Waals surface area contributed by atoms with E-state index < -0.39 is 0 Å². The molecule has 1 saturated carbocycles. The van der Waals surface area contributed by atoms with Gasteiger partial charge in [-0.3, -0.25) is 4.79 Å². The smallest absolute Gasteiger partial charge is 0.214 e. The third-order valence-corrected chi connectivity index (χ3v) is 6.76. The molecule has 31 heavy (non-hydrogen) atoms. The number of para-hydroxylation sites is 1. The monoisotopic (exact) mass is 416 g/mol. The summed E-state index contributed by atoms with van der Waals surface area (Å²) in [5, 5.41) is 10.7. The zero-order valence-corrected chi connectivity index (χ0v) is 18.3. The number of benzene rings is 2. The predicted molar refractivity (Wildman–Crippen MR) is 128 cm³/mol. The number of allylic oxidation sites excluding steroid dienone is 2. The second-order valence-corrected chi connectivity index (χ2v) is 8.90. The number of anilines is 1. The Kier molecular flexibility index (Phi) is 6.55. The highest BCUT2D eigenvalue weighted by atomic mass is 16.3. The molecule has 0 saturated heterocycles. The van der Waals surface area contributed by atoms with Gasteiger partial charge in [-0.25, -0.2) is 4.99 Å². The minimum Gasteiger partial charge on any atom is -0.507 e. The molecule has 0 radical (unpaired) electrons. The first-order valence-corrected chi connectivity index (χ1v) is 11.6. The van der Waals surface area contributed by atoms with Crippen molar-refractivity contribution < 1.29 is 9.90 Å². The SMILES string of the molecule is CCCCCC1CCC(C2=CC(=Nc3ccccc3)C(=O)c3c(N)ccc(O)c32)CC1. The van der Waals surface area contributed by atoms with Gasteiger partial charge in [-0.05, 0) is 73.4 Å². The maximum Gasteiger partial charge on any atom is 0.214 e. The van der Waals surface area contributed by atoms with Crippen molar-refractivity contribution in [3.05, 3.63) is 59.7 Å². The number of aromatic hydroxyl groups is 1. The molecule has 0 spiro atoms. The lowest BCUT2D eigenvalue weighted by atomic mass is 9.72. The van der Waals surface area contributed by atoms with Gasteiger partial charge in [0.25, 0.3) is 0 Å². The number of carbonyl (C=O) groups excluding carboxylic acids is 1. The van der Waals surface area contributed by atoms with Crippen molar-refractivity contribution in [3.8, 4) is 5.75 Å². The van der Waals surface area contributed by atoms with Crippen molar-refractivity contribution in [3.63, 3.8) is 0 Å². The minimum absolute atomic E-state index is 0.132. The van der Waals surface area contributed by atoms with Gasteiger partial charge in [0.2, 0.25) is 5.78 Å². The van der Waals surface area contributed by atoms with Crippen molar-refractivity contribution in [2.45, 2.75) is 58.3 Å². The molecule has 0 aliphatic heterocycles. The standard InChI is InChI=1S/C27H32N2O2/c1-2-3-5-8-18-11-13-19(14-12-18)21-17-23(29-20-9-6-4-7-10-20)27(31)26-22(28)15-16-24(30)25(21)26/h4,6-7,9-10,15-19,30H,2-3,5,8,11-14,28H2,1H3. The first-order chi connectivity index (χ1) is 15.1. The van der Waals surface area contributed by atoms with Crippen LogP contribution < -0.4 is 5.73 Å². The Hall–Kier alpha value is -2.88. The number of nitrogen functional groups attached to an aromatic ring is 1. The first-order valence-electron chi connectivity index (χ1n) is 11.6. The number of ketones is 1. The van der Waals surface area contributed by atoms with Gasteiger partial charge in [-0.15, -0.1) is 0 Å². The number of hydrogen-bond donors (Lipinski definition) is 2. The van der Waals surface area contributed by atoms with Gasteiger partial charge in [0.1, 0.15) is 11.5 Å². The molecule has 4 rings (SSSR count). The van der Waals surface area contributed by atoms with Gasteiger partial charge in [-0.1, -0.05) is 50.8 Å². The molecule has 4 nitrogen and oxygen atoms in total. The van der Waals surface area contributed by atoms with Crippen molar-refractivity contribution >= 4 is 28.4 Å². The molecule has 0 aromatic heterocycles. The van der Waals surface area contributed by atoms with Gasteiger partial charge in [0, 0.05) is 11.3 Å². The van der Waals surface area contributed by atoms with E-state index in [1.807, 2.05) is 36.4 Å². The van der Waals surface area contributed by atoms with Crippen LogP contribution in [0.2, 0.25) is 0 Å². The van der Waals surface area contributed by atoms with Crippen LogP contribution in [0.5, 0.6) is 5.75 Å². The van der Waals surface area contributed by atoms with Crippen LogP contribution in [0, 0.1) is 11.8 Å². The van der Waals surface area contributed by atoms with Gasteiger partial charge in [-0.2, -0.15) is 0 Å². The number of carbonyl (C=O) groups is 1. The van der Waals surface area contributed by atoms with Crippen LogP contribution in [0.3, 0.4) is 0 Å². The summed E-state index contributed by atoms with van der Waals surface area (Å²) in [7, 11) is 0. The molecule has 2 aliphatic carbocycles. The Balaban J connectivity index is 1.67. The molecule has 2 aromatic carbocycles. The Morgan fingerprint density at radius 2 is 1.74 bits per heavy atom. The van der Waals surface area contributed by atoms with E-state index in [0.29, 0.717) is 28.4 Å². The summed E-state index contributed by atoms with van der Waals surface area (Å²) in [6.07, 6.45) is 11.6. The van der Waals surface area contributed by atoms with Crippen LogP contribution in [-0.2, 0) is 0 Å². The van der Waals surface area contributed by atoms with Crippen molar-refractivity contribution in [1.82, 2.24) is 0 Å². The van der Waals surface area contributed by atoms with Crippen molar-refractivity contribution in [2.75, 3.05) is 5.73 Å². The Bertz CT molecular complexity index is 999. The molecule has 1 fully saturated rings. The van der Waals surface area contributed by atoms with Gasteiger partial charge in [0.15, 0.2) is 0 Å². The lowest BCUT2D eigenvalue weighted by Gasteiger charge is -2.33. The summed E-state index contributed by atoms with van der Waals surface area (Å²) in [6.45, 7) is 2.25. The summed E-state index contributed by atoms with van der Waals surface area (Å²) in [5.41, 5.74) is 9.79. The predicted octanol–water partition coefficient (Wildman–Crippen LogP) is 6.71. The summed E-state index contributed by atoms with van der Waals surface area (Å²) < 4.78 is 0. The highest BCUT2D eigenvalue weighted by Crippen LogP contribution is 2.45. The number of hydrogen-bond acceptors (Lipinski definition) is 4. The average Bonchev–Trinajstić information content (AvgIpc) is 2.79. The highest BCUT2D eigenvalue weighted by molar-refractivity contribution is 6.54. The first kappa shape index (κ1) is 21.4. The molecule has 2 aromatic rings. The van der Waals surface area contributed by atoms with E-state index in [-0.39, 0.29) is 11.5 Å². The second kappa shape index (κ2) is 9.51. The van der Waals surface area contributed by atoms with E-state index in [4.69, 9.17) is 5.73 Å². The van der Waals surface area contributed by atoms with Crippen LogP contribution >= 0.6 is 0 Å². The summed E-state index contributed by atoms with van der Waals surface area (Å²) >= 11 is 0. The van der Waals surface area contributed by atoms with E-state index in [1.54, 1.807) is 12.1 Å². The van der Waals surface area contributed by atoms with Crippen LogP contribution in [0.25, 0.3) is 5.57 Å². The average molecular weight is 417 g/mol. The fourth-order valence-electron chi connectivity index (χ4n) is 5.05. The lowest BCUT2D eigenvalue weighted by molar-refractivity contribution is 0.106. The summed E-state index contributed by atoms with van der Waals surface area (Å²) in [5.74, 6) is 1.01. The number of unbranched alkanes of at least 4 members (excludes halogenated alkanes) is 2. The largest absolute Gasteiger partial charge is 0.507 e. The lowest BCUT2D eigenvalue weighted by Crippen LogP contribution is -2.25. The van der Waals surface area contributed by atoms with E-state index >= 15 is 0 Å². The molecule has 2 aliphatic rings. The maximum atomic E-state index is 13.3. The van der Waals surface area contributed by atoms with Crippen LogP contribution in [0.15, 0.2) is 53.5 Å². The number of rotatable bonds is 6. The molecule has 162 valence electrons. The Morgan fingerprint density at radius 1 is 1.00 bits per heavy atom. The Labute approximate surface area is 184 Å². The van der Waals surface area contributed by atoms with Gasteiger partial charge < -0.3 is 10.8 Å². The molecule has 0 heterocycles. The van der Waals surface area contributed by atoms with Crippen molar-refractivity contribution in [1.29, 1.82) is 0 Å². The van der Waals surface area contributed by atoms with Crippen molar-refractivity contribution in [2.24, 2.45) is 16.8 Å². The quantitative estimate of drug-likeness (QED) is 0.312. The van der Waals surface area contributed by atoms with Gasteiger partial charge in [0.05, 0.1) is 11.3 Å². The molecule has 0 amide bonds. The number of nitrogens with zero attached hydrogens (tertiary/aromatic N) is 1. The molecule has 3 N–H and O–H groups in total. The molecular weight excluding hydrogens is 384 g/mol. The summed E-state index contributed by atoms with van der Waals surface area (Å²) in [6, 6.07) is 12.7. The Morgan fingerprint density at radius 3 is 2.45 bits per heavy atom. The van der Waals surface area contributed by atoms with Crippen LogP contribution in [0.1, 0.15) is 74.2 Å². The zero-order chi connectivity index (χ0) is 21.8. The number of nitrogens with two attached hydrogens (primary N) is 1. The highest BCUT2D eigenvalue weighted by Gasteiger charge is 2.34. The third kappa shape index (κ3) is 4.58. The minimum atomic E-state index is -0.218. The number of phenolic OH excluding ortho intramolecular Hbond substituents is 1. The molecule has 4 heteroatoms. The summed E-state index contributed by atoms with van der Waals surface area (Å²) in [4.78, 5) is 17.9. The second-order valence-electron chi connectivity index (χ2n) is 8.90. The van der Waals surface area contributed by atoms with Gasteiger partial charge >= 0.3 is 0 Å². The number of aliphatic imine (C=N–C) groups is 1. The van der Waals surface area contributed by atoms with E-state index in [1.165, 1.54) is 38.5 Å². The number of Topliss-reactive ketones (excluding diaryl/α,β-unsaturated/α-hetero) is 1. The topological polar surface area (TPSA) is 75.7 Å². The molecule has 0 bridgehead atoms. The fourth-order valence-corrected chi connectivity index (χ4v) is 5.05. The van der Waals surface area contributed by atoms with E-state index in [2.05, 4.69) is 11.9 Å². The number of phenols is 1. The number of fused-ring (bicyclic) bond motifs is 1. The molecule has 0 atom stereocenters. The third-order valence-electron chi connectivity index (χ3n) is 6.76. The van der Waals surface area contributed by atoms with E-state index in [0.717, 1.165) is 30.0 Å². The van der Waals surface area contributed by atoms with Crippen LogP contribution in [0.4, 0.5) is 11.4 Å². The normalized spacial score (nSPS) is 22.3. The maximum absolute atomic E-state index is 13.3. The van der Waals surface area contributed by atoms with E-state index in [9.17, 15) is 9.90 Å².